The molecule has 0 saturated carbocycles. The molecule has 0 spiro atoms. The first kappa shape index (κ1) is 19.1. The van der Waals surface area contributed by atoms with Crippen molar-refractivity contribution >= 4 is 27.7 Å². The highest BCUT2D eigenvalue weighted by Crippen LogP contribution is 2.19. The Bertz CT molecular complexity index is 982. The maximum Gasteiger partial charge on any atom is 0.233 e. The number of nitrogens with two attached hydrogens (primary N) is 1. The molecule has 2 unspecified atom stereocenters. The van der Waals surface area contributed by atoms with Gasteiger partial charge in [0.15, 0.2) is 0 Å². The summed E-state index contributed by atoms with van der Waals surface area (Å²) in [7, 11) is 0.681. The standard InChI is InChI=1S/C20H23N3O3S/c1-13-4-9-16-17(10-13)23(2)19(22-16)12-26-15-7-5-14(6-8-15)11-18(20(21)24)27(3)25/h4-10,18H,11-12H2,1-3H3,(H2,21,24). The highest BCUT2D eigenvalue weighted by molar-refractivity contribution is 7.85. The van der Waals surface area contributed by atoms with Crippen LogP contribution >= 0.6 is 0 Å². The van der Waals surface area contributed by atoms with Crippen LogP contribution in [0.25, 0.3) is 11.0 Å². The van der Waals surface area contributed by atoms with Crippen molar-refractivity contribution < 1.29 is 13.7 Å². The van der Waals surface area contributed by atoms with Crippen molar-refractivity contribution in [2.75, 3.05) is 6.26 Å². The molecule has 7 heteroatoms. The van der Waals surface area contributed by atoms with Gasteiger partial charge in [-0.3, -0.25) is 9.00 Å². The predicted octanol–water partition coefficient (Wildman–Crippen LogP) is 2.24. The Balaban J connectivity index is 1.68. The summed E-state index contributed by atoms with van der Waals surface area (Å²) in [6, 6.07) is 13.5. The number of primary amides is 1. The van der Waals surface area contributed by atoms with Gasteiger partial charge in [-0.05, 0) is 48.7 Å². The number of fused-ring (bicyclic) bond motifs is 1. The Morgan fingerprint density at radius 1 is 1.26 bits per heavy atom. The summed E-state index contributed by atoms with van der Waals surface area (Å²) in [4.78, 5) is 16.0. The third-order valence-electron chi connectivity index (χ3n) is 4.56. The molecule has 2 aromatic carbocycles. The summed E-state index contributed by atoms with van der Waals surface area (Å²) in [5.74, 6) is 0.998. The SMILES string of the molecule is Cc1ccc2nc(COc3ccc(CC(C(N)=O)S(C)=O)cc3)n(C)c2c1. The molecule has 2 atom stereocenters. The molecule has 0 bridgehead atoms. The third kappa shape index (κ3) is 4.36. The molecule has 3 aromatic rings. The monoisotopic (exact) mass is 385 g/mol. The maximum absolute atomic E-state index is 11.6. The van der Waals surface area contributed by atoms with E-state index in [0.717, 1.165) is 22.4 Å². The fourth-order valence-electron chi connectivity index (χ4n) is 2.94. The fourth-order valence-corrected chi connectivity index (χ4v) is 3.70. The van der Waals surface area contributed by atoms with Crippen LogP contribution in [0.2, 0.25) is 0 Å². The molecule has 6 nitrogen and oxygen atoms in total. The van der Waals surface area contributed by atoms with Gasteiger partial charge >= 0.3 is 0 Å². The number of nitrogens with zero attached hydrogens (tertiary/aromatic N) is 2. The number of imidazole rings is 1. The zero-order valence-electron chi connectivity index (χ0n) is 15.6. The zero-order chi connectivity index (χ0) is 19.6. The van der Waals surface area contributed by atoms with Gasteiger partial charge in [0.25, 0.3) is 0 Å². The Labute approximate surface area is 160 Å². The minimum absolute atomic E-state index is 0.350. The Kier molecular flexibility index (Phi) is 5.60. The van der Waals surface area contributed by atoms with Crippen molar-refractivity contribution in [2.45, 2.75) is 25.2 Å². The van der Waals surface area contributed by atoms with Gasteiger partial charge in [-0.15, -0.1) is 0 Å². The molecule has 0 fully saturated rings. The lowest BCUT2D eigenvalue weighted by atomic mass is 10.1. The second-order valence-corrected chi connectivity index (χ2v) is 8.17. The summed E-state index contributed by atoms with van der Waals surface area (Å²) >= 11 is 0. The van der Waals surface area contributed by atoms with Crippen LogP contribution in [0.1, 0.15) is 17.0 Å². The number of amides is 1. The Morgan fingerprint density at radius 3 is 2.59 bits per heavy atom. The Hall–Kier alpha value is -2.67. The van der Waals surface area contributed by atoms with E-state index in [9.17, 15) is 9.00 Å². The average molecular weight is 385 g/mol. The van der Waals surface area contributed by atoms with Gasteiger partial charge in [-0.2, -0.15) is 0 Å². The fraction of sp³-hybridized carbons (Fsp3) is 0.300. The largest absolute Gasteiger partial charge is 0.486 e. The van der Waals surface area contributed by atoms with Crippen molar-refractivity contribution in [3.8, 4) is 5.75 Å². The number of carbonyl (C=O) groups excluding carboxylic acids is 1. The van der Waals surface area contributed by atoms with Crippen LogP contribution in [0.4, 0.5) is 0 Å². The van der Waals surface area contributed by atoms with E-state index in [1.165, 1.54) is 11.8 Å². The molecule has 142 valence electrons. The molecular formula is C20H23N3O3S. The number of ether oxygens (including phenoxy) is 1. The van der Waals surface area contributed by atoms with Crippen LogP contribution in [0.3, 0.4) is 0 Å². The summed E-state index contributed by atoms with van der Waals surface area (Å²) in [6.07, 6.45) is 1.84. The van der Waals surface area contributed by atoms with Crippen molar-refractivity contribution in [1.82, 2.24) is 9.55 Å². The number of aromatic nitrogens is 2. The lowest BCUT2D eigenvalue weighted by molar-refractivity contribution is -0.117. The molecular weight excluding hydrogens is 362 g/mol. The first-order valence-electron chi connectivity index (χ1n) is 8.60. The molecule has 3 rings (SSSR count). The lowest BCUT2D eigenvalue weighted by Gasteiger charge is -2.11. The second kappa shape index (κ2) is 7.92. The smallest absolute Gasteiger partial charge is 0.233 e. The molecule has 1 aromatic heterocycles. The van der Waals surface area contributed by atoms with Gasteiger partial charge in [-0.1, -0.05) is 18.2 Å². The summed E-state index contributed by atoms with van der Waals surface area (Å²) < 4.78 is 19.5. The summed E-state index contributed by atoms with van der Waals surface area (Å²) in [6.45, 7) is 2.41. The van der Waals surface area contributed by atoms with E-state index < -0.39 is 22.0 Å². The zero-order valence-corrected chi connectivity index (χ0v) is 16.5. The number of hydrogen-bond donors (Lipinski definition) is 1. The maximum atomic E-state index is 11.6. The topological polar surface area (TPSA) is 87.2 Å². The molecule has 0 radical (unpaired) electrons. The molecule has 0 saturated heterocycles. The van der Waals surface area contributed by atoms with Gasteiger partial charge in [0, 0.05) is 24.1 Å². The van der Waals surface area contributed by atoms with E-state index >= 15 is 0 Å². The third-order valence-corrected chi connectivity index (χ3v) is 5.76. The van der Waals surface area contributed by atoms with Gasteiger partial charge in [0.05, 0.1) is 11.0 Å². The van der Waals surface area contributed by atoms with Crippen molar-refractivity contribution in [1.29, 1.82) is 0 Å². The van der Waals surface area contributed by atoms with Crippen LogP contribution in [0.5, 0.6) is 5.75 Å². The molecule has 27 heavy (non-hydrogen) atoms. The Morgan fingerprint density at radius 2 is 1.96 bits per heavy atom. The van der Waals surface area contributed by atoms with E-state index in [0.29, 0.717) is 18.8 Å². The number of carbonyl (C=O) groups is 1. The minimum Gasteiger partial charge on any atom is -0.486 e. The normalized spacial score (nSPS) is 13.4. The van der Waals surface area contributed by atoms with Crippen LogP contribution in [-0.4, -0.2) is 31.2 Å². The highest BCUT2D eigenvalue weighted by Gasteiger charge is 2.20. The summed E-state index contributed by atoms with van der Waals surface area (Å²) in [5, 5.41) is -0.680. The van der Waals surface area contributed by atoms with Crippen LogP contribution < -0.4 is 10.5 Å². The summed E-state index contributed by atoms with van der Waals surface area (Å²) in [5.41, 5.74) is 9.42. The number of hydrogen-bond acceptors (Lipinski definition) is 4. The highest BCUT2D eigenvalue weighted by atomic mass is 32.2. The van der Waals surface area contributed by atoms with E-state index in [1.807, 2.05) is 48.0 Å². The van der Waals surface area contributed by atoms with E-state index in [1.54, 1.807) is 0 Å². The first-order valence-corrected chi connectivity index (χ1v) is 10.2. The van der Waals surface area contributed by atoms with Gasteiger partial charge in [-0.25, -0.2) is 4.98 Å². The van der Waals surface area contributed by atoms with Crippen LogP contribution in [0.15, 0.2) is 42.5 Å². The number of rotatable bonds is 7. The predicted molar refractivity (Wildman–Crippen MR) is 107 cm³/mol. The molecule has 1 amide bonds. The molecule has 1 heterocycles. The van der Waals surface area contributed by atoms with Crippen LogP contribution in [0, 0.1) is 6.92 Å². The van der Waals surface area contributed by atoms with E-state index in [2.05, 4.69) is 18.0 Å². The van der Waals surface area contributed by atoms with Gasteiger partial charge < -0.3 is 15.0 Å². The van der Waals surface area contributed by atoms with Crippen LogP contribution in [-0.2, 0) is 35.7 Å². The molecule has 2 N–H and O–H groups in total. The molecule has 0 aliphatic heterocycles. The average Bonchev–Trinajstić information content (AvgIpc) is 2.94. The van der Waals surface area contributed by atoms with Gasteiger partial charge in [0.2, 0.25) is 5.91 Å². The van der Waals surface area contributed by atoms with E-state index in [4.69, 9.17) is 10.5 Å². The first-order chi connectivity index (χ1) is 12.8. The van der Waals surface area contributed by atoms with Crippen molar-refractivity contribution in [2.24, 2.45) is 12.8 Å². The van der Waals surface area contributed by atoms with Gasteiger partial charge in [0.1, 0.15) is 23.4 Å². The minimum atomic E-state index is -1.30. The van der Waals surface area contributed by atoms with E-state index in [-0.39, 0.29) is 0 Å². The molecule has 0 aliphatic rings. The van der Waals surface area contributed by atoms with Crippen molar-refractivity contribution in [3.63, 3.8) is 0 Å². The number of aryl methyl sites for hydroxylation is 2. The molecule has 0 aliphatic carbocycles. The van der Waals surface area contributed by atoms with Crippen molar-refractivity contribution in [3.05, 3.63) is 59.4 Å². The lowest BCUT2D eigenvalue weighted by Crippen LogP contribution is -2.33. The quantitative estimate of drug-likeness (QED) is 0.676. The second-order valence-electron chi connectivity index (χ2n) is 6.61. The number of benzene rings is 2.